The van der Waals surface area contributed by atoms with Crippen LogP contribution in [0.15, 0.2) is 182 Å². The summed E-state index contributed by atoms with van der Waals surface area (Å²) in [6, 6.07) is 63.6. The molecule has 8 heterocycles. The van der Waals surface area contributed by atoms with Crippen LogP contribution in [0, 0.1) is 55.4 Å². The molecule has 0 saturated heterocycles. The second kappa shape index (κ2) is 17.5. The summed E-state index contributed by atoms with van der Waals surface area (Å²) < 4.78 is 4.51. The van der Waals surface area contributed by atoms with Crippen LogP contribution in [0.3, 0.4) is 0 Å². The van der Waals surface area contributed by atoms with Gasteiger partial charge in [-0.2, -0.15) is 0 Å². The molecule has 6 aliphatic heterocycles. The van der Waals surface area contributed by atoms with Crippen LogP contribution in [0.5, 0.6) is 0 Å². The molecule has 340 valence electrons. The first-order valence-corrected chi connectivity index (χ1v) is 24.7. The van der Waals surface area contributed by atoms with Crippen molar-refractivity contribution in [3.8, 4) is 112 Å². The van der Waals surface area contributed by atoms with Crippen molar-refractivity contribution in [2.24, 2.45) is 14.1 Å². The lowest BCUT2D eigenvalue weighted by Gasteiger charge is -2.21. The Labute approximate surface area is 414 Å². The zero-order valence-corrected chi connectivity index (χ0v) is 42.2. The van der Waals surface area contributed by atoms with E-state index in [0.717, 1.165) is 0 Å². The fourth-order valence-corrected chi connectivity index (χ4v) is 11.5. The van der Waals surface area contributed by atoms with E-state index in [4.69, 9.17) is 0 Å². The van der Waals surface area contributed by atoms with Crippen molar-refractivity contribution in [3.63, 3.8) is 0 Å². The fourth-order valence-electron chi connectivity index (χ4n) is 11.5. The van der Waals surface area contributed by atoms with E-state index in [1.54, 1.807) is 0 Å². The van der Waals surface area contributed by atoms with Gasteiger partial charge in [-0.05, 0) is 214 Å². The van der Waals surface area contributed by atoms with Gasteiger partial charge in [0.1, 0.15) is 14.1 Å². The van der Waals surface area contributed by atoms with E-state index in [1.807, 2.05) is 0 Å². The number of aryl methyl sites for hydroxylation is 2. The maximum Gasteiger partial charge on any atom is 0.212 e. The zero-order valence-electron chi connectivity index (χ0n) is 42.2. The quantitative estimate of drug-likeness (QED) is 0.134. The van der Waals surface area contributed by atoms with Gasteiger partial charge in [-0.3, -0.25) is 0 Å². The van der Waals surface area contributed by atoms with Gasteiger partial charge in [0.15, 0.2) is 12.4 Å². The summed E-state index contributed by atoms with van der Waals surface area (Å²) in [5.74, 6) is 0. The van der Waals surface area contributed by atoms with Crippen LogP contribution in [-0.2, 0) is 14.1 Å². The van der Waals surface area contributed by atoms with Gasteiger partial charge in [0.2, 0.25) is 11.4 Å². The average Bonchev–Trinajstić information content (AvgIpc) is 3.38. The normalized spacial score (nSPS) is 11.6. The standard InChI is InChI=1S/C68H60N2/c1-41-45(5)67-46(6)42(2)65(41)57-27-19-51(20-28-57)49-11-15-53(16-12-49)62-36-38-64(70(10)40-62)56-25-33-60(34-26-56)68-47(7)43(3)66(44(4)48(68)8)58-29-21-52(22-30-58)50-13-17-54(18-14-50)61-35-37-63(69(9)39-61)55-23-31-59(67)32-24-55/h11-40H,1-10H3/q+2. The van der Waals surface area contributed by atoms with Gasteiger partial charge in [0.25, 0.3) is 0 Å². The molecule has 0 spiro atoms. The van der Waals surface area contributed by atoms with Crippen LogP contribution in [0.4, 0.5) is 0 Å². The molecule has 38 rings (SSSR count). The Morgan fingerprint density at radius 2 is 0.343 bits per heavy atom. The van der Waals surface area contributed by atoms with Crippen molar-refractivity contribution in [3.05, 3.63) is 227 Å². The highest BCUT2D eigenvalue weighted by molar-refractivity contribution is 5.86. The van der Waals surface area contributed by atoms with Gasteiger partial charge in [-0.25, -0.2) is 9.13 Å². The lowest BCUT2D eigenvalue weighted by Crippen LogP contribution is -2.30. The summed E-state index contributed by atoms with van der Waals surface area (Å²) in [5, 5.41) is 0. The van der Waals surface area contributed by atoms with Gasteiger partial charge in [-0.15, -0.1) is 0 Å². The summed E-state index contributed by atoms with van der Waals surface area (Å²) in [4.78, 5) is 0. The number of benzene rings is 8. The highest BCUT2D eigenvalue weighted by Gasteiger charge is 2.21. The Balaban J connectivity index is 0.986. The predicted molar refractivity (Wildman–Crippen MR) is 295 cm³/mol. The molecule has 0 unspecified atom stereocenters. The average molecular weight is 905 g/mol. The van der Waals surface area contributed by atoms with Crippen molar-refractivity contribution in [2.45, 2.75) is 55.4 Å². The van der Waals surface area contributed by atoms with Crippen molar-refractivity contribution in [2.75, 3.05) is 0 Å². The van der Waals surface area contributed by atoms with Crippen molar-refractivity contribution in [1.82, 2.24) is 0 Å². The molecule has 2 aromatic heterocycles. The van der Waals surface area contributed by atoms with E-state index < -0.39 is 0 Å². The van der Waals surface area contributed by atoms with E-state index in [-0.39, 0.29) is 0 Å². The topological polar surface area (TPSA) is 7.76 Å². The first kappa shape index (κ1) is 44.6. The minimum atomic E-state index is 1.18. The minimum absolute atomic E-state index is 1.18. The van der Waals surface area contributed by atoms with Gasteiger partial charge >= 0.3 is 0 Å². The van der Waals surface area contributed by atoms with Gasteiger partial charge in [0.05, 0.1) is 0 Å². The number of nitrogens with zero attached hydrogens (tertiary/aromatic N) is 2. The lowest BCUT2D eigenvalue weighted by molar-refractivity contribution is -0.660. The number of pyridine rings is 2. The number of hydrogen-bond donors (Lipinski definition) is 0. The fraction of sp³-hybridized carbons (Fsp3) is 0.147. The van der Waals surface area contributed by atoms with Gasteiger partial charge < -0.3 is 0 Å². The third-order valence-corrected chi connectivity index (χ3v) is 15.9. The van der Waals surface area contributed by atoms with E-state index in [0.29, 0.717) is 0 Å². The Kier molecular flexibility index (Phi) is 11.2. The number of rotatable bonds is 0. The number of aromatic nitrogens is 2. The molecule has 0 fully saturated rings. The van der Waals surface area contributed by atoms with Crippen LogP contribution in [0.25, 0.3) is 112 Å². The molecule has 70 heavy (non-hydrogen) atoms. The van der Waals surface area contributed by atoms with Gasteiger partial charge in [0, 0.05) is 34.4 Å². The van der Waals surface area contributed by atoms with Crippen LogP contribution in [0.2, 0.25) is 0 Å². The van der Waals surface area contributed by atoms with Crippen LogP contribution in [0.1, 0.15) is 44.5 Å². The highest BCUT2D eigenvalue weighted by atomic mass is 14.9. The van der Waals surface area contributed by atoms with Crippen molar-refractivity contribution < 1.29 is 9.13 Å². The summed E-state index contributed by atoms with van der Waals surface area (Å²) in [5.41, 5.74) is 35.4. The zero-order chi connectivity index (χ0) is 48.5. The van der Waals surface area contributed by atoms with Crippen LogP contribution < -0.4 is 9.13 Å². The molecule has 0 saturated carbocycles. The summed E-state index contributed by atoms with van der Waals surface area (Å²) in [6.07, 6.45) is 4.50. The molecule has 8 aromatic carbocycles. The monoisotopic (exact) mass is 904 g/mol. The maximum atomic E-state index is 2.30. The molecule has 10 aromatic rings. The van der Waals surface area contributed by atoms with E-state index >= 15 is 0 Å². The largest absolute Gasteiger partial charge is 0.212 e. The number of hydrogen-bond acceptors (Lipinski definition) is 0. The molecular weight excluding hydrogens is 845 g/mol. The minimum Gasteiger partial charge on any atom is -0.200 e. The smallest absolute Gasteiger partial charge is 0.200 e. The van der Waals surface area contributed by atoms with E-state index in [2.05, 4.69) is 261 Å². The van der Waals surface area contributed by atoms with Crippen molar-refractivity contribution >= 4 is 0 Å². The lowest BCUT2D eigenvalue weighted by atomic mass is 9.83. The highest BCUT2D eigenvalue weighted by Crippen LogP contribution is 2.42. The molecule has 0 radical (unpaired) electrons. The predicted octanol–water partition coefficient (Wildman–Crippen LogP) is 16.8. The Bertz CT molecular complexity index is 3360. The molecule has 0 amide bonds. The summed E-state index contributed by atoms with van der Waals surface area (Å²) in [6.45, 7) is 18.3. The second-order valence-corrected chi connectivity index (χ2v) is 19.8. The molecule has 28 aliphatic rings. The van der Waals surface area contributed by atoms with Crippen molar-refractivity contribution in [1.29, 1.82) is 0 Å². The molecule has 22 aliphatic carbocycles. The molecule has 2 heteroatoms. The summed E-state index contributed by atoms with van der Waals surface area (Å²) >= 11 is 0. The molecular formula is C68H60N2+2. The summed E-state index contributed by atoms with van der Waals surface area (Å²) in [7, 11) is 4.31. The van der Waals surface area contributed by atoms with Crippen LogP contribution in [-0.4, -0.2) is 0 Å². The van der Waals surface area contributed by atoms with Crippen LogP contribution >= 0.6 is 0 Å². The molecule has 0 atom stereocenters. The van der Waals surface area contributed by atoms with E-state index in [9.17, 15) is 0 Å². The first-order valence-electron chi connectivity index (χ1n) is 24.7. The Morgan fingerprint density at radius 1 is 0.186 bits per heavy atom. The Hall–Kier alpha value is -7.94. The maximum absolute atomic E-state index is 2.30. The molecule has 0 N–H and O–H groups in total. The van der Waals surface area contributed by atoms with E-state index in [1.165, 1.54) is 156 Å². The van der Waals surface area contributed by atoms with Gasteiger partial charge in [-0.1, -0.05) is 121 Å². The third kappa shape index (κ3) is 7.60. The molecule has 2 nitrogen and oxygen atoms in total. The Morgan fingerprint density at radius 3 is 0.543 bits per heavy atom. The second-order valence-electron chi connectivity index (χ2n) is 19.8. The molecule has 20 bridgehead atoms. The SMILES string of the molecule is Cc1c(C)c2c(C)c(C)c1-c1ccc(cc1)-c1ccc(cc1)-c1ccc([n+](C)c1)-c1ccc(cc1)-c1c(C)c(C)c(c(C)c1C)-c1ccc(cc1)-c1ccc(cc1)-c1ccc([n+](C)c1)-c1ccc-2cc1. The first-order chi connectivity index (χ1) is 33.8. The third-order valence-electron chi connectivity index (χ3n) is 15.9.